The van der Waals surface area contributed by atoms with Crippen LogP contribution >= 0.6 is 0 Å². The first-order valence-electron chi connectivity index (χ1n) is 8.23. The molecule has 110 valence electrons. The van der Waals surface area contributed by atoms with E-state index in [-0.39, 0.29) is 11.9 Å². The van der Waals surface area contributed by atoms with Crippen LogP contribution < -0.4 is 0 Å². The van der Waals surface area contributed by atoms with E-state index in [1.807, 2.05) is 0 Å². The van der Waals surface area contributed by atoms with Crippen LogP contribution in [0.15, 0.2) is 0 Å². The molecule has 1 saturated heterocycles. The number of ether oxygens (including phenoxy) is 2. The van der Waals surface area contributed by atoms with Gasteiger partial charge in [0, 0.05) is 11.8 Å². The number of rotatable bonds is 1. The van der Waals surface area contributed by atoms with Gasteiger partial charge in [0.25, 0.3) is 0 Å². The van der Waals surface area contributed by atoms with Gasteiger partial charge in [-0.3, -0.25) is 0 Å². The van der Waals surface area contributed by atoms with Crippen LogP contribution in [0.4, 0.5) is 0 Å². The molecule has 3 atom stereocenters. The van der Waals surface area contributed by atoms with E-state index >= 15 is 0 Å². The van der Waals surface area contributed by atoms with Crippen LogP contribution in [0.1, 0.15) is 72.6 Å². The normalized spacial score (nSPS) is 42.0. The van der Waals surface area contributed by atoms with E-state index in [4.69, 9.17) is 9.47 Å². The molecular weight excluding hydrogens is 236 g/mol. The molecule has 19 heavy (non-hydrogen) atoms. The van der Waals surface area contributed by atoms with E-state index in [2.05, 4.69) is 27.7 Å². The summed E-state index contributed by atoms with van der Waals surface area (Å²) in [5, 5.41) is 0. The molecule has 2 aliphatic carbocycles. The van der Waals surface area contributed by atoms with E-state index < -0.39 is 0 Å². The van der Waals surface area contributed by atoms with Gasteiger partial charge in [0.05, 0.1) is 11.7 Å². The highest BCUT2D eigenvalue weighted by molar-refractivity contribution is 5.01. The second-order valence-electron chi connectivity index (χ2n) is 8.18. The summed E-state index contributed by atoms with van der Waals surface area (Å²) in [7, 11) is 0. The molecule has 1 aliphatic heterocycles. The van der Waals surface area contributed by atoms with Crippen LogP contribution in [0.2, 0.25) is 0 Å². The van der Waals surface area contributed by atoms with Crippen LogP contribution in [-0.2, 0) is 9.47 Å². The minimum absolute atomic E-state index is 0.0151. The van der Waals surface area contributed by atoms with Gasteiger partial charge in [0.2, 0.25) is 0 Å². The zero-order valence-electron chi connectivity index (χ0n) is 13.1. The summed E-state index contributed by atoms with van der Waals surface area (Å²) in [5.41, 5.74) is 0.303. The molecule has 0 spiro atoms. The topological polar surface area (TPSA) is 18.5 Å². The van der Waals surface area contributed by atoms with Crippen LogP contribution in [0.5, 0.6) is 0 Å². The van der Waals surface area contributed by atoms with Crippen LogP contribution in [0.3, 0.4) is 0 Å². The van der Waals surface area contributed by atoms with Gasteiger partial charge >= 0.3 is 0 Å². The fourth-order valence-corrected chi connectivity index (χ4v) is 4.53. The largest absolute Gasteiger partial charge is 0.348 e. The lowest BCUT2D eigenvalue weighted by Crippen LogP contribution is -2.55. The average Bonchev–Trinajstić information content (AvgIpc) is 2.67. The number of hydrogen-bond acceptors (Lipinski definition) is 2. The second kappa shape index (κ2) is 4.73. The summed E-state index contributed by atoms with van der Waals surface area (Å²) in [5.74, 6) is 1.20. The molecule has 2 heteroatoms. The Hall–Kier alpha value is -0.0800. The second-order valence-corrected chi connectivity index (χ2v) is 8.18. The highest BCUT2D eigenvalue weighted by Crippen LogP contribution is 2.53. The van der Waals surface area contributed by atoms with Crippen molar-refractivity contribution in [1.29, 1.82) is 0 Å². The van der Waals surface area contributed by atoms with Crippen molar-refractivity contribution in [3.05, 3.63) is 0 Å². The van der Waals surface area contributed by atoms with Crippen LogP contribution in [-0.4, -0.2) is 18.0 Å². The molecule has 0 aromatic heterocycles. The zero-order valence-corrected chi connectivity index (χ0v) is 13.1. The van der Waals surface area contributed by atoms with Crippen LogP contribution in [0, 0.1) is 17.3 Å². The Morgan fingerprint density at radius 2 is 1.58 bits per heavy atom. The van der Waals surface area contributed by atoms with Crippen molar-refractivity contribution in [3.63, 3.8) is 0 Å². The molecule has 3 aliphatic rings. The van der Waals surface area contributed by atoms with Gasteiger partial charge in [0.1, 0.15) is 0 Å². The molecule has 0 N–H and O–H groups in total. The molecule has 0 amide bonds. The molecular formula is C17H30O2. The third-order valence-corrected chi connectivity index (χ3v) is 5.86. The maximum absolute atomic E-state index is 6.48. The molecule has 2 saturated carbocycles. The SMILES string of the molecule is CC1(C)CC[C@H]2[C@H]1O[C@H](C1CCCCC1)OC2(C)C. The zero-order chi connectivity index (χ0) is 13.7. The van der Waals surface area contributed by atoms with Crippen molar-refractivity contribution in [2.75, 3.05) is 0 Å². The van der Waals surface area contributed by atoms with Gasteiger partial charge in [-0.15, -0.1) is 0 Å². The van der Waals surface area contributed by atoms with E-state index in [0.717, 1.165) is 0 Å². The van der Waals surface area contributed by atoms with E-state index in [0.29, 0.717) is 23.4 Å². The lowest BCUT2D eigenvalue weighted by molar-refractivity contribution is -0.323. The molecule has 0 unspecified atom stereocenters. The van der Waals surface area contributed by atoms with Crippen LogP contribution in [0.25, 0.3) is 0 Å². The Kier molecular flexibility index (Phi) is 3.46. The summed E-state index contributed by atoms with van der Waals surface area (Å²) in [6, 6.07) is 0. The highest BCUT2D eigenvalue weighted by Gasteiger charge is 2.55. The summed E-state index contributed by atoms with van der Waals surface area (Å²) in [4.78, 5) is 0. The Morgan fingerprint density at radius 1 is 0.895 bits per heavy atom. The molecule has 1 heterocycles. The molecule has 2 nitrogen and oxygen atoms in total. The molecule has 0 bridgehead atoms. The predicted octanol–water partition coefficient (Wildman–Crippen LogP) is 4.52. The van der Waals surface area contributed by atoms with Gasteiger partial charge < -0.3 is 9.47 Å². The standard InChI is InChI=1S/C17H30O2/c1-16(2)11-10-13-14(16)18-15(19-17(13,3)4)12-8-6-5-7-9-12/h12-15H,5-11H2,1-4H3/t13-,14+,15-/m0/s1. The van der Waals surface area contributed by atoms with Gasteiger partial charge in [0.15, 0.2) is 6.29 Å². The number of fused-ring (bicyclic) bond motifs is 1. The lowest BCUT2D eigenvalue weighted by Gasteiger charge is -2.49. The fourth-order valence-electron chi connectivity index (χ4n) is 4.53. The van der Waals surface area contributed by atoms with E-state index in [1.54, 1.807) is 0 Å². The molecule has 0 radical (unpaired) electrons. The molecule has 0 aromatic rings. The van der Waals surface area contributed by atoms with Crippen molar-refractivity contribution in [3.8, 4) is 0 Å². The van der Waals surface area contributed by atoms with Crippen molar-refractivity contribution in [1.82, 2.24) is 0 Å². The summed E-state index contributed by atoms with van der Waals surface area (Å²) in [6.45, 7) is 9.31. The minimum Gasteiger partial charge on any atom is -0.348 e. The third-order valence-electron chi connectivity index (χ3n) is 5.86. The highest BCUT2D eigenvalue weighted by atomic mass is 16.7. The van der Waals surface area contributed by atoms with Gasteiger partial charge in [-0.05, 0) is 44.9 Å². The smallest absolute Gasteiger partial charge is 0.161 e. The van der Waals surface area contributed by atoms with Gasteiger partial charge in [-0.2, -0.15) is 0 Å². The van der Waals surface area contributed by atoms with Crippen molar-refractivity contribution < 1.29 is 9.47 Å². The molecule has 3 fully saturated rings. The summed E-state index contributed by atoms with van der Waals surface area (Å²) < 4.78 is 12.9. The maximum Gasteiger partial charge on any atom is 0.161 e. The number of hydrogen-bond donors (Lipinski definition) is 0. The van der Waals surface area contributed by atoms with Crippen molar-refractivity contribution in [2.24, 2.45) is 17.3 Å². The Balaban J connectivity index is 1.78. The Morgan fingerprint density at radius 3 is 2.26 bits per heavy atom. The summed E-state index contributed by atoms with van der Waals surface area (Å²) >= 11 is 0. The Bertz CT molecular complexity index is 328. The van der Waals surface area contributed by atoms with Crippen molar-refractivity contribution in [2.45, 2.75) is 90.6 Å². The Labute approximate surface area is 118 Å². The molecule has 3 rings (SSSR count). The fraction of sp³-hybridized carbons (Fsp3) is 1.00. The monoisotopic (exact) mass is 266 g/mol. The van der Waals surface area contributed by atoms with Gasteiger partial charge in [-0.25, -0.2) is 0 Å². The average molecular weight is 266 g/mol. The lowest BCUT2D eigenvalue weighted by atomic mass is 9.79. The maximum atomic E-state index is 6.48. The van der Waals surface area contributed by atoms with E-state index in [1.165, 1.54) is 44.9 Å². The quantitative estimate of drug-likeness (QED) is 0.694. The molecule has 0 aromatic carbocycles. The minimum atomic E-state index is -0.0151. The summed E-state index contributed by atoms with van der Waals surface area (Å²) in [6.07, 6.45) is 9.64. The third kappa shape index (κ3) is 2.47. The van der Waals surface area contributed by atoms with Crippen molar-refractivity contribution >= 4 is 0 Å². The van der Waals surface area contributed by atoms with Gasteiger partial charge in [-0.1, -0.05) is 33.1 Å². The predicted molar refractivity (Wildman–Crippen MR) is 76.9 cm³/mol. The first-order chi connectivity index (χ1) is 8.90. The first kappa shape index (κ1) is 13.9. The first-order valence-corrected chi connectivity index (χ1v) is 8.23. The van der Waals surface area contributed by atoms with E-state index in [9.17, 15) is 0 Å².